The first-order valence-corrected chi connectivity index (χ1v) is 7.42. The molecule has 1 saturated carbocycles. The summed E-state index contributed by atoms with van der Waals surface area (Å²) in [6, 6.07) is 9.24. The molecule has 2 aliphatic carbocycles. The molecule has 1 aromatic rings. The van der Waals surface area contributed by atoms with E-state index in [4.69, 9.17) is 9.47 Å². The van der Waals surface area contributed by atoms with Crippen LogP contribution in [0.25, 0.3) is 0 Å². The molecule has 0 spiro atoms. The first kappa shape index (κ1) is 14.6. The molecule has 0 heterocycles. The van der Waals surface area contributed by atoms with E-state index in [0.29, 0.717) is 0 Å². The van der Waals surface area contributed by atoms with Crippen molar-refractivity contribution in [3.8, 4) is 0 Å². The van der Waals surface area contributed by atoms with E-state index < -0.39 is 6.09 Å². The fraction of sp³-hybridized carbons (Fsp3) is 0.412. The predicted octanol–water partition coefficient (Wildman–Crippen LogP) is 2.28. The molecule has 2 unspecified atom stereocenters. The lowest BCUT2D eigenvalue weighted by molar-refractivity contribution is -0.147. The minimum atomic E-state index is -0.497. The van der Waals surface area contributed by atoms with Gasteiger partial charge in [0.05, 0.1) is 19.1 Å². The fourth-order valence-electron chi connectivity index (χ4n) is 3.38. The Kier molecular flexibility index (Phi) is 4.13. The van der Waals surface area contributed by atoms with Gasteiger partial charge < -0.3 is 14.8 Å². The minimum absolute atomic E-state index is 0.150. The van der Waals surface area contributed by atoms with E-state index in [-0.39, 0.29) is 36.4 Å². The highest BCUT2D eigenvalue weighted by atomic mass is 16.5. The number of carbonyl (C=O) groups is 2. The van der Waals surface area contributed by atoms with Crippen molar-refractivity contribution in [3.05, 3.63) is 48.0 Å². The molecule has 5 nitrogen and oxygen atoms in total. The number of methoxy groups -OCH3 is 1. The van der Waals surface area contributed by atoms with Gasteiger partial charge in [-0.05, 0) is 23.8 Å². The number of rotatable bonds is 4. The van der Waals surface area contributed by atoms with Crippen LogP contribution in [0.2, 0.25) is 0 Å². The van der Waals surface area contributed by atoms with Crippen molar-refractivity contribution in [1.29, 1.82) is 0 Å². The second-order valence-corrected chi connectivity index (χ2v) is 5.73. The van der Waals surface area contributed by atoms with Crippen LogP contribution in [-0.4, -0.2) is 25.2 Å². The van der Waals surface area contributed by atoms with E-state index in [1.54, 1.807) is 0 Å². The van der Waals surface area contributed by atoms with Gasteiger partial charge in [-0.25, -0.2) is 4.79 Å². The van der Waals surface area contributed by atoms with Gasteiger partial charge in [0.15, 0.2) is 0 Å². The Labute approximate surface area is 129 Å². The average molecular weight is 301 g/mol. The van der Waals surface area contributed by atoms with Crippen LogP contribution in [0.5, 0.6) is 0 Å². The van der Waals surface area contributed by atoms with Crippen LogP contribution in [0.15, 0.2) is 42.5 Å². The molecule has 1 aromatic carbocycles. The Morgan fingerprint density at radius 2 is 1.91 bits per heavy atom. The second kappa shape index (κ2) is 6.22. The average Bonchev–Trinajstić information content (AvgIpc) is 3.14. The number of alkyl carbamates (subject to hydrolysis) is 1. The third-order valence-electron chi connectivity index (χ3n) is 4.43. The van der Waals surface area contributed by atoms with Crippen LogP contribution in [0, 0.1) is 17.8 Å². The molecular formula is C17H19NO4. The van der Waals surface area contributed by atoms with Gasteiger partial charge in [0.25, 0.3) is 0 Å². The van der Waals surface area contributed by atoms with Crippen molar-refractivity contribution < 1.29 is 19.1 Å². The van der Waals surface area contributed by atoms with E-state index in [1.807, 2.05) is 36.4 Å². The number of hydrogen-bond acceptors (Lipinski definition) is 4. The lowest BCUT2D eigenvalue weighted by Crippen LogP contribution is -2.46. The smallest absolute Gasteiger partial charge is 0.407 e. The summed E-state index contributed by atoms with van der Waals surface area (Å²) in [7, 11) is 1.38. The van der Waals surface area contributed by atoms with Crippen molar-refractivity contribution in [3.63, 3.8) is 0 Å². The highest BCUT2D eigenvalue weighted by Gasteiger charge is 2.49. The summed E-state index contributed by atoms with van der Waals surface area (Å²) in [6.07, 6.45) is 4.48. The standard InChI is InChI=1S/C17H19NO4/c1-21-16(19)14-12-7-8-13(9-12)15(14)18-17(20)22-10-11-5-3-2-4-6-11/h2-8,12-15H,9-10H2,1H3,(H,18,20)/t12?,13?,14-,15+/m0/s1. The normalized spacial score (nSPS) is 28.4. The fourth-order valence-corrected chi connectivity index (χ4v) is 3.38. The zero-order chi connectivity index (χ0) is 15.5. The molecular weight excluding hydrogens is 282 g/mol. The molecule has 3 rings (SSSR count). The molecule has 0 saturated heterocycles. The summed E-state index contributed by atoms with van der Waals surface area (Å²) >= 11 is 0. The summed E-state index contributed by atoms with van der Waals surface area (Å²) in [4.78, 5) is 23.9. The molecule has 1 amide bonds. The second-order valence-electron chi connectivity index (χ2n) is 5.73. The molecule has 2 aliphatic rings. The highest BCUT2D eigenvalue weighted by Crippen LogP contribution is 2.44. The van der Waals surface area contributed by atoms with Crippen LogP contribution in [-0.2, 0) is 20.9 Å². The third kappa shape index (κ3) is 2.84. The summed E-state index contributed by atoms with van der Waals surface area (Å²) in [5, 5.41) is 2.83. The number of carbonyl (C=O) groups excluding carboxylic acids is 2. The van der Waals surface area contributed by atoms with Crippen molar-refractivity contribution in [2.75, 3.05) is 7.11 Å². The maximum atomic E-state index is 12.0. The van der Waals surface area contributed by atoms with E-state index >= 15 is 0 Å². The predicted molar refractivity (Wildman–Crippen MR) is 79.8 cm³/mol. The number of fused-ring (bicyclic) bond motifs is 2. The largest absolute Gasteiger partial charge is 0.469 e. The quantitative estimate of drug-likeness (QED) is 0.684. The van der Waals surface area contributed by atoms with Gasteiger partial charge in [0, 0.05) is 0 Å². The number of hydrogen-bond donors (Lipinski definition) is 1. The topological polar surface area (TPSA) is 64.6 Å². The first-order valence-electron chi connectivity index (χ1n) is 7.42. The number of nitrogens with one attached hydrogen (secondary N) is 1. The van der Waals surface area contributed by atoms with E-state index in [1.165, 1.54) is 7.11 Å². The van der Waals surface area contributed by atoms with Crippen LogP contribution in [0.3, 0.4) is 0 Å². The van der Waals surface area contributed by atoms with Crippen molar-refractivity contribution in [2.45, 2.75) is 19.1 Å². The Hall–Kier alpha value is -2.30. The molecule has 0 aromatic heterocycles. The molecule has 1 N–H and O–H groups in total. The maximum absolute atomic E-state index is 12.0. The van der Waals surface area contributed by atoms with E-state index in [2.05, 4.69) is 11.4 Å². The van der Waals surface area contributed by atoms with Gasteiger partial charge in [-0.1, -0.05) is 42.5 Å². The number of esters is 1. The minimum Gasteiger partial charge on any atom is -0.469 e. The number of amides is 1. The Bertz CT molecular complexity index is 584. The highest BCUT2D eigenvalue weighted by molar-refractivity contribution is 5.77. The summed E-state index contributed by atoms with van der Waals surface area (Å²) in [5.41, 5.74) is 0.926. The monoisotopic (exact) mass is 301 g/mol. The lowest BCUT2D eigenvalue weighted by Gasteiger charge is -2.26. The van der Waals surface area contributed by atoms with Crippen LogP contribution in [0.1, 0.15) is 12.0 Å². The molecule has 4 atom stereocenters. The summed E-state index contributed by atoms with van der Waals surface area (Å²) < 4.78 is 10.1. The van der Waals surface area contributed by atoms with Gasteiger partial charge in [-0.2, -0.15) is 0 Å². The number of ether oxygens (including phenoxy) is 2. The van der Waals surface area contributed by atoms with Gasteiger partial charge in [-0.15, -0.1) is 0 Å². The van der Waals surface area contributed by atoms with Crippen LogP contribution < -0.4 is 5.32 Å². The SMILES string of the molecule is COC(=O)[C@H]1C2C=CC(C2)[C@H]1NC(=O)OCc1ccccc1. The molecule has 116 valence electrons. The maximum Gasteiger partial charge on any atom is 0.407 e. The zero-order valence-corrected chi connectivity index (χ0v) is 12.4. The van der Waals surface area contributed by atoms with Crippen molar-refractivity contribution in [1.82, 2.24) is 5.32 Å². The van der Waals surface area contributed by atoms with E-state index in [0.717, 1.165) is 12.0 Å². The third-order valence-corrected chi connectivity index (χ3v) is 4.43. The van der Waals surface area contributed by atoms with Crippen LogP contribution in [0.4, 0.5) is 4.79 Å². The molecule has 5 heteroatoms. The van der Waals surface area contributed by atoms with Crippen molar-refractivity contribution in [2.24, 2.45) is 17.8 Å². The Balaban J connectivity index is 1.58. The molecule has 2 bridgehead atoms. The Morgan fingerprint density at radius 3 is 2.64 bits per heavy atom. The lowest BCUT2D eigenvalue weighted by atomic mass is 9.89. The summed E-state index contributed by atoms with van der Waals surface area (Å²) in [6.45, 7) is 0.215. The molecule has 22 heavy (non-hydrogen) atoms. The van der Waals surface area contributed by atoms with Crippen molar-refractivity contribution >= 4 is 12.1 Å². The van der Waals surface area contributed by atoms with Gasteiger partial charge >= 0.3 is 12.1 Å². The van der Waals surface area contributed by atoms with Gasteiger partial charge in [-0.3, -0.25) is 4.79 Å². The molecule has 0 radical (unpaired) electrons. The molecule has 1 fully saturated rings. The zero-order valence-electron chi connectivity index (χ0n) is 12.4. The van der Waals surface area contributed by atoms with Gasteiger partial charge in [0.2, 0.25) is 0 Å². The number of benzene rings is 1. The van der Waals surface area contributed by atoms with Gasteiger partial charge in [0.1, 0.15) is 6.61 Å². The van der Waals surface area contributed by atoms with E-state index in [9.17, 15) is 9.59 Å². The Morgan fingerprint density at radius 1 is 1.18 bits per heavy atom. The summed E-state index contributed by atoms with van der Waals surface area (Å²) in [5.74, 6) is -0.260. The number of allylic oxidation sites excluding steroid dienone is 1. The molecule has 0 aliphatic heterocycles. The first-order chi connectivity index (χ1) is 10.7. The van der Waals surface area contributed by atoms with Crippen LogP contribution >= 0.6 is 0 Å².